The molecule has 2 amide bonds. The molecule has 0 aromatic heterocycles. The number of benzene rings is 1. The van der Waals surface area contributed by atoms with Crippen LogP contribution >= 0.6 is 0 Å². The number of piperidine rings is 1. The number of carbonyl (C=O) groups excluding carboxylic acids is 2. The van der Waals surface area contributed by atoms with Crippen molar-refractivity contribution in [3.8, 4) is 0 Å². The first kappa shape index (κ1) is 19.5. The fourth-order valence-corrected chi connectivity index (χ4v) is 3.54. The van der Waals surface area contributed by atoms with Crippen LogP contribution in [0, 0.1) is 5.92 Å². The highest BCUT2D eigenvalue weighted by Crippen LogP contribution is 2.31. The Hall–Kier alpha value is -1.84. The summed E-state index contributed by atoms with van der Waals surface area (Å²) in [5, 5.41) is 2.64. The van der Waals surface area contributed by atoms with Gasteiger partial charge in [-0.2, -0.15) is 0 Å². The Morgan fingerprint density at radius 2 is 1.84 bits per heavy atom. The van der Waals surface area contributed by atoms with E-state index in [2.05, 4.69) is 50.4 Å². The molecule has 0 saturated carbocycles. The van der Waals surface area contributed by atoms with E-state index in [1.54, 1.807) is 0 Å². The van der Waals surface area contributed by atoms with Crippen LogP contribution in [0.15, 0.2) is 24.3 Å². The van der Waals surface area contributed by atoms with Gasteiger partial charge in [0.15, 0.2) is 0 Å². The van der Waals surface area contributed by atoms with Gasteiger partial charge in [0.2, 0.25) is 12.3 Å². The smallest absolute Gasteiger partial charge is 0.227 e. The Labute approximate surface area is 152 Å². The standard InChI is InChI=1S/C21H32N2O2/c1-5-16(14-22-15-24)20(25)23-12-10-18(11-13-23)17-6-8-19(9-7-17)21(2,3)4/h6-9,15-16,18H,5,10-14H2,1-4H3,(H,22,24). The van der Waals surface area contributed by atoms with Gasteiger partial charge in [-0.15, -0.1) is 0 Å². The largest absolute Gasteiger partial charge is 0.358 e. The predicted molar refractivity (Wildman–Crippen MR) is 102 cm³/mol. The number of nitrogens with one attached hydrogen (secondary N) is 1. The van der Waals surface area contributed by atoms with Crippen molar-refractivity contribution < 1.29 is 9.59 Å². The fourth-order valence-electron chi connectivity index (χ4n) is 3.54. The van der Waals surface area contributed by atoms with Crippen molar-refractivity contribution >= 4 is 12.3 Å². The summed E-state index contributed by atoms with van der Waals surface area (Å²) in [6.07, 6.45) is 3.45. The van der Waals surface area contributed by atoms with Crippen LogP contribution in [0.25, 0.3) is 0 Å². The van der Waals surface area contributed by atoms with Crippen LogP contribution in [-0.2, 0) is 15.0 Å². The first-order chi connectivity index (χ1) is 11.9. The van der Waals surface area contributed by atoms with Crippen LogP contribution in [-0.4, -0.2) is 36.9 Å². The molecule has 1 unspecified atom stereocenters. The van der Waals surface area contributed by atoms with Crippen LogP contribution in [0.2, 0.25) is 0 Å². The van der Waals surface area contributed by atoms with E-state index in [-0.39, 0.29) is 17.2 Å². The minimum absolute atomic E-state index is 0.104. The third kappa shape index (κ3) is 5.07. The summed E-state index contributed by atoms with van der Waals surface area (Å²) >= 11 is 0. The van der Waals surface area contributed by atoms with Crippen molar-refractivity contribution in [1.82, 2.24) is 10.2 Å². The number of rotatable bonds is 6. The molecule has 0 spiro atoms. The Kier molecular flexibility index (Phi) is 6.63. The Morgan fingerprint density at radius 3 is 2.32 bits per heavy atom. The van der Waals surface area contributed by atoms with Crippen LogP contribution in [0.1, 0.15) is 64.0 Å². The third-order valence-corrected chi connectivity index (χ3v) is 5.34. The molecule has 138 valence electrons. The predicted octanol–water partition coefficient (Wildman–Crippen LogP) is 3.46. The Morgan fingerprint density at radius 1 is 1.24 bits per heavy atom. The number of hydrogen-bond donors (Lipinski definition) is 1. The van der Waals surface area contributed by atoms with E-state index in [1.807, 2.05) is 11.8 Å². The Balaban J connectivity index is 1.92. The average molecular weight is 344 g/mol. The zero-order chi connectivity index (χ0) is 18.4. The summed E-state index contributed by atoms with van der Waals surface area (Å²) in [5.41, 5.74) is 2.92. The summed E-state index contributed by atoms with van der Waals surface area (Å²) in [5.74, 6) is 0.609. The molecule has 0 aliphatic carbocycles. The summed E-state index contributed by atoms with van der Waals surface area (Å²) in [6, 6.07) is 8.99. The topological polar surface area (TPSA) is 49.4 Å². The molecule has 1 aromatic rings. The SMILES string of the molecule is CCC(CNC=O)C(=O)N1CCC(c2ccc(C(C)(C)C)cc2)CC1. The summed E-state index contributed by atoms with van der Waals surface area (Å²) in [6.45, 7) is 10.7. The van der Waals surface area contributed by atoms with Gasteiger partial charge in [0.25, 0.3) is 0 Å². The second-order valence-electron chi connectivity index (χ2n) is 8.10. The lowest BCUT2D eigenvalue weighted by molar-refractivity contribution is -0.136. The van der Waals surface area contributed by atoms with Gasteiger partial charge in [-0.3, -0.25) is 9.59 Å². The van der Waals surface area contributed by atoms with Gasteiger partial charge in [-0.05, 0) is 41.7 Å². The zero-order valence-corrected chi connectivity index (χ0v) is 16.0. The molecule has 1 aromatic carbocycles. The van der Waals surface area contributed by atoms with E-state index >= 15 is 0 Å². The van der Waals surface area contributed by atoms with Gasteiger partial charge in [-0.1, -0.05) is 52.0 Å². The average Bonchev–Trinajstić information content (AvgIpc) is 2.61. The van der Waals surface area contributed by atoms with Gasteiger partial charge < -0.3 is 10.2 Å². The molecule has 1 saturated heterocycles. The number of likely N-dealkylation sites (tertiary alicyclic amines) is 1. The number of carbonyl (C=O) groups is 2. The number of nitrogens with zero attached hydrogens (tertiary/aromatic N) is 1. The van der Waals surface area contributed by atoms with Gasteiger partial charge in [0.05, 0.1) is 5.92 Å². The van der Waals surface area contributed by atoms with E-state index in [0.717, 1.165) is 32.4 Å². The summed E-state index contributed by atoms with van der Waals surface area (Å²) < 4.78 is 0. The number of hydrogen-bond acceptors (Lipinski definition) is 2. The lowest BCUT2D eigenvalue weighted by Gasteiger charge is -2.34. The molecule has 1 N–H and O–H groups in total. The highest BCUT2D eigenvalue weighted by atomic mass is 16.2. The highest BCUT2D eigenvalue weighted by Gasteiger charge is 2.28. The zero-order valence-electron chi connectivity index (χ0n) is 16.0. The maximum absolute atomic E-state index is 12.6. The van der Waals surface area contributed by atoms with Gasteiger partial charge >= 0.3 is 0 Å². The molecule has 1 atom stereocenters. The maximum atomic E-state index is 12.6. The second-order valence-corrected chi connectivity index (χ2v) is 8.10. The molecule has 1 aliphatic heterocycles. The van der Waals surface area contributed by atoms with E-state index in [9.17, 15) is 9.59 Å². The molecule has 4 nitrogen and oxygen atoms in total. The molecular weight excluding hydrogens is 312 g/mol. The van der Waals surface area contributed by atoms with E-state index in [0.29, 0.717) is 18.9 Å². The molecular formula is C21H32N2O2. The molecule has 4 heteroatoms. The van der Waals surface area contributed by atoms with Crippen LogP contribution in [0.4, 0.5) is 0 Å². The summed E-state index contributed by atoms with van der Waals surface area (Å²) in [4.78, 5) is 25.1. The van der Waals surface area contributed by atoms with E-state index < -0.39 is 0 Å². The van der Waals surface area contributed by atoms with Crippen LogP contribution < -0.4 is 5.32 Å². The lowest BCUT2D eigenvalue weighted by atomic mass is 9.83. The Bertz CT molecular complexity index is 567. The monoisotopic (exact) mass is 344 g/mol. The van der Waals surface area contributed by atoms with Crippen LogP contribution in [0.5, 0.6) is 0 Å². The molecule has 1 fully saturated rings. The van der Waals surface area contributed by atoms with Crippen LogP contribution in [0.3, 0.4) is 0 Å². The van der Waals surface area contributed by atoms with Crippen molar-refractivity contribution in [2.75, 3.05) is 19.6 Å². The quantitative estimate of drug-likeness (QED) is 0.804. The first-order valence-corrected chi connectivity index (χ1v) is 9.43. The van der Waals surface area contributed by atoms with E-state index in [1.165, 1.54) is 11.1 Å². The van der Waals surface area contributed by atoms with Gasteiger partial charge in [-0.25, -0.2) is 0 Å². The number of amides is 2. The molecule has 0 bridgehead atoms. The second kappa shape index (κ2) is 8.50. The lowest BCUT2D eigenvalue weighted by Crippen LogP contribution is -2.43. The van der Waals surface area contributed by atoms with E-state index in [4.69, 9.17) is 0 Å². The first-order valence-electron chi connectivity index (χ1n) is 9.43. The molecule has 0 radical (unpaired) electrons. The molecule has 2 rings (SSSR count). The molecule has 1 aliphatic rings. The highest BCUT2D eigenvalue weighted by molar-refractivity contribution is 5.79. The van der Waals surface area contributed by atoms with Crippen molar-refractivity contribution in [3.63, 3.8) is 0 Å². The minimum Gasteiger partial charge on any atom is -0.358 e. The van der Waals surface area contributed by atoms with Gasteiger partial charge in [0, 0.05) is 19.6 Å². The fraction of sp³-hybridized carbons (Fsp3) is 0.619. The van der Waals surface area contributed by atoms with Crippen molar-refractivity contribution in [3.05, 3.63) is 35.4 Å². The minimum atomic E-state index is -0.104. The van der Waals surface area contributed by atoms with Crippen molar-refractivity contribution in [2.24, 2.45) is 5.92 Å². The maximum Gasteiger partial charge on any atom is 0.227 e. The third-order valence-electron chi connectivity index (χ3n) is 5.34. The summed E-state index contributed by atoms with van der Waals surface area (Å²) in [7, 11) is 0. The van der Waals surface area contributed by atoms with Crippen molar-refractivity contribution in [2.45, 2.75) is 58.3 Å². The molecule has 1 heterocycles. The van der Waals surface area contributed by atoms with Crippen molar-refractivity contribution in [1.29, 1.82) is 0 Å². The normalized spacial score (nSPS) is 17.2. The molecule has 25 heavy (non-hydrogen) atoms. The van der Waals surface area contributed by atoms with Gasteiger partial charge in [0.1, 0.15) is 0 Å².